The van der Waals surface area contributed by atoms with E-state index in [2.05, 4.69) is 31.4 Å². The van der Waals surface area contributed by atoms with Crippen molar-refractivity contribution in [2.45, 2.75) is 11.7 Å². The number of amides is 1. The first-order valence-electron chi connectivity index (χ1n) is 6.27. The second kappa shape index (κ2) is 7.47. The number of halogens is 1. The highest BCUT2D eigenvalue weighted by Gasteiger charge is 2.32. The lowest BCUT2D eigenvalue weighted by Crippen LogP contribution is -2.26. The minimum absolute atomic E-state index is 0.0912. The first-order valence-corrected chi connectivity index (χ1v) is 7.94. The largest absolute Gasteiger partial charge is 0.504 e. The molecule has 23 heavy (non-hydrogen) atoms. The number of carbonyl (C=O) groups is 2. The molecule has 1 amide bonds. The molecule has 1 aromatic rings. The smallest absolute Gasteiger partial charge is 0.305 e. The zero-order valence-corrected chi connectivity index (χ0v) is 14.2. The Kier molecular flexibility index (Phi) is 5.61. The van der Waals surface area contributed by atoms with Crippen molar-refractivity contribution >= 4 is 51.0 Å². The zero-order chi connectivity index (χ0) is 17.0. The lowest BCUT2D eigenvalue weighted by atomic mass is 10.2. The lowest BCUT2D eigenvalue weighted by molar-refractivity contribution is -0.138. The predicted molar refractivity (Wildman–Crippen MR) is 89.2 cm³/mol. The number of nitrogens with zero attached hydrogens (tertiary/aromatic N) is 2. The molecule has 1 saturated heterocycles. The number of aromatic hydroxyl groups is 1. The van der Waals surface area contributed by atoms with Crippen LogP contribution in [0, 0.1) is 0 Å². The molecule has 1 heterocycles. The lowest BCUT2D eigenvalue weighted by Gasteiger charge is -2.06. The van der Waals surface area contributed by atoms with E-state index in [1.165, 1.54) is 13.3 Å². The normalized spacial score (nSPS) is 19.3. The molecular formula is C13H12BrN3O5S. The molecule has 8 nitrogen and oxygen atoms in total. The molecule has 2 rings (SSSR count). The van der Waals surface area contributed by atoms with Crippen LogP contribution in [0.2, 0.25) is 0 Å². The summed E-state index contributed by atoms with van der Waals surface area (Å²) in [6, 6.07) is 3.22. The Hall–Kier alpha value is -2.07. The van der Waals surface area contributed by atoms with Gasteiger partial charge in [-0.1, -0.05) is 27.7 Å². The molecular weight excluding hydrogens is 390 g/mol. The third-order valence-corrected chi connectivity index (χ3v) is 4.30. The molecule has 1 atom stereocenters. The van der Waals surface area contributed by atoms with Crippen LogP contribution in [0.25, 0.3) is 0 Å². The summed E-state index contributed by atoms with van der Waals surface area (Å²) >= 11 is 4.27. The minimum atomic E-state index is -1.06. The maximum Gasteiger partial charge on any atom is 0.305 e. The average molecular weight is 402 g/mol. The molecule has 0 aromatic heterocycles. The summed E-state index contributed by atoms with van der Waals surface area (Å²) in [4.78, 5) is 22.2. The monoisotopic (exact) mass is 401 g/mol. The van der Waals surface area contributed by atoms with E-state index in [0.29, 0.717) is 10.0 Å². The topological polar surface area (TPSA) is 121 Å². The van der Waals surface area contributed by atoms with Crippen molar-refractivity contribution in [2.24, 2.45) is 10.2 Å². The highest BCUT2D eigenvalue weighted by molar-refractivity contribution is 9.10. The summed E-state index contributed by atoms with van der Waals surface area (Å²) in [5.41, 5.74) is 0.372. The van der Waals surface area contributed by atoms with Crippen molar-refractivity contribution in [3.8, 4) is 11.5 Å². The van der Waals surface area contributed by atoms with Gasteiger partial charge in [-0.25, -0.2) is 0 Å². The quantitative estimate of drug-likeness (QED) is 0.508. The van der Waals surface area contributed by atoms with E-state index < -0.39 is 17.1 Å². The third kappa shape index (κ3) is 4.45. The number of rotatable bonds is 5. The second-order valence-corrected chi connectivity index (χ2v) is 6.50. The van der Waals surface area contributed by atoms with E-state index in [-0.39, 0.29) is 23.1 Å². The molecule has 1 aliphatic rings. The molecule has 3 N–H and O–H groups in total. The summed E-state index contributed by atoms with van der Waals surface area (Å²) in [7, 11) is 1.43. The maximum atomic E-state index is 11.5. The van der Waals surface area contributed by atoms with Crippen LogP contribution in [0.1, 0.15) is 12.0 Å². The molecule has 1 aromatic carbocycles. The Balaban J connectivity index is 2.12. The van der Waals surface area contributed by atoms with E-state index in [0.717, 1.165) is 11.8 Å². The van der Waals surface area contributed by atoms with Crippen LogP contribution in [0.3, 0.4) is 0 Å². The van der Waals surface area contributed by atoms with Gasteiger partial charge in [-0.05, 0) is 12.1 Å². The molecule has 1 fully saturated rings. The van der Waals surface area contributed by atoms with Crippen LogP contribution < -0.4 is 10.1 Å². The van der Waals surface area contributed by atoms with Crippen LogP contribution in [0.4, 0.5) is 0 Å². The van der Waals surface area contributed by atoms with Crippen LogP contribution in [-0.2, 0) is 9.59 Å². The summed E-state index contributed by atoms with van der Waals surface area (Å²) in [5, 5.41) is 28.2. The number of aliphatic carboxylic acids is 1. The Bertz CT molecular complexity index is 707. The number of hydrogen-bond acceptors (Lipinski definition) is 7. The van der Waals surface area contributed by atoms with Gasteiger partial charge >= 0.3 is 5.97 Å². The molecule has 122 valence electrons. The van der Waals surface area contributed by atoms with Crippen LogP contribution in [0.5, 0.6) is 11.5 Å². The highest BCUT2D eigenvalue weighted by Crippen LogP contribution is 2.32. The molecule has 0 saturated carbocycles. The summed E-state index contributed by atoms with van der Waals surface area (Å²) in [5.74, 6) is -1.29. The molecule has 1 aliphatic heterocycles. The summed E-state index contributed by atoms with van der Waals surface area (Å²) < 4.78 is 5.70. The van der Waals surface area contributed by atoms with Crippen molar-refractivity contribution in [1.29, 1.82) is 0 Å². The van der Waals surface area contributed by atoms with Crippen molar-refractivity contribution < 1.29 is 24.5 Å². The second-order valence-electron chi connectivity index (χ2n) is 4.39. The Morgan fingerprint density at radius 3 is 2.96 bits per heavy atom. The molecule has 0 aliphatic carbocycles. The molecule has 10 heteroatoms. The summed E-state index contributed by atoms with van der Waals surface area (Å²) in [6.07, 6.45) is 1.01. The fourth-order valence-electron chi connectivity index (χ4n) is 1.74. The van der Waals surface area contributed by atoms with Gasteiger partial charge < -0.3 is 20.3 Å². The van der Waals surface area contributed by atoms with Crippen molar-refractivity contribution in [3.05, 3.63) is 22.2 Å². The van der Waals surface area contributed by atoms with Gasteiger partial charge in [0.2, 0.25) is 5.91 Å². The van der Waals surface area contributed by atoms with Gasteiger partial charge in [0.15, 0.2) is 16.7 Å². The number of phenolic OH excluding ortho intramolecular Hbond substituents is 1. The van der Waals surface area contributed by atoms with Crippen molar-refractivity contribution in [3.63, 3.8) is 0 Å². The number of benzene rings is 1. The third-order valence-electron chi connectivity index (χ3n) is 2.77. The maximum absolute atomic E-state index is 11.5. The Morgan fingerprint density at radius 2 is 2.30 bits per heavy atom. The number of phenols is 1. The average Bonchev–Trinajstić information content (AvgIpc) is 2.81. The number of thioether (sulfide) groups is 1. The Morgan fingerprint density at radius 1 is 1.57 bits per heavy atom. The van der Waals surface area contributed by atoms with E-state index >= 15 is 0 Å². The molecule has 0 unspecified atom stereocenters. The van der Waals surface area contributed by atoms with Gasteiger partial charge in [0.25, 0.3) is 0 Å². The fraction of sp³-hybridized carbons (Fsp3) is 0.231. The molecule has 0 spiro atoms. The van der Waals surface area contributed by atoms with Gasteiger partial charge in [-0.3, -0.25) is 9.59 Å². The number of carboxylic acids is 1. The Labute approximate surface area is 143 Å². The number of amidine groups is 1. The number of carboxylic acid groups (broad SMARTS) is 1. The minimum Gasteiger partial charge on any atom is -0.504 e. The number of hydrogen-bond donors (Lipinski definition) is 3. The number of ether oxygens (including phenoxy) is 1. The predicted octanol–water partition coefficient (Wildman–Crippen LogP) is 1.56. The number of nitrogens with one attached hydrogen (secondary N) is 1. The number of methoxy groups -OCH3 is 1. The zero-order valence-electron chi connectivity index (χ0n) is 11.8. The van der Waals surface area contributed by atoms with Crippen LogP contribution >= 0.6 is 27.7 Å². The molecule has 0 bridgehead atoms. The van der Waals surface area contributed by atoms with Gasteiger partial charge in [-0.15, -0.1) is 5.10 Å². The summed E-state index contributed by atoms with van der Waals surface area (Å²) in [6.45, 7) is 0. The van der Waals surface area contributed by atoms with E-state index in [4.69, 9.17) is 9.84 Å². The fourth-order valence-corrected chi connectivity index (χ4v) is 3.11. The van der Waals surface area contributed by atoms with Gasteiger partial charge in [0.1, 0.15) is 5.25 Å². The standard InChI is InChI=1S/C13H12BrN3O5S/c1-22-8-3-7(14)2-6(11(8)20)5-15-17-13-16-12(21)9(23-13)4-10(18)19/h2-3,5,9,20H,4H2,1H3,(H,18,19)(H,16,17,21)/b15-5+/t9-/m1/s1. The van der Waals surface area contributed by atoms with Crippen LogP contribution in [0.15, 0.2) is 26.8 Å². The first kappa shape index (κ1) is 17.3. The van der Waals surface area contributed by atoms with E-state index in [9.17, 15) is 14.7 Å². The highest BCUT2D eigenvalue weighted by atomic mass is 79.9. The van der Waals surface area contributed by atoms with Gasteiger partial charge in [0, 0.05) is 10.0 Å². The van der Waals surface area contributed by atoms with Crippen molar-refractivity contribution in [1.82, 2.24) is 5.32 Å². The van der Waals surface area contributed by atoms with Crippen molar-refractivity contribution in [2.75, 3.05) is 7.11 Å². The van der Waals surface area contributed by atoms with E-state index in [1.54, 1.807) is 12.1 Å². The first-order chi connectivity index (χ1) is 10.9. The van der Waals surface area contributed by atoms with Gasteiger partial charge in [-0.2, -0.15) is 5.10 Å². The molecule has 0 radical (unpaired) electrons. The number of carbonyl (C=O) groups excluding carboxylic acids is 1. The van der Waals surface area contributed by atoms with E-state index in [1.807, 2.05) is 0 Å². The SMILES string of the molecule is COc1cc(Br)cc(/C=N/N=C2/NC(=O)[C@@H](CC(=O)O)S2)c1O. The van der Waals surface area contributed by atoms with Crippen LogP contribution in [-0.4, -0.2) is 45.8 Å². The van der Waals surface area contributed by atoms with Gasteiger partial charge in [0.05, 0.1) is 19.7 Å².